The van der Waals surface area contributed by atoms with Gasteiger partial charge in [0.1, 0.15) is 6.04 Å². The summed E-state index contributed by atoms with van der Waals surface area (Å²) in [5.41, 5.74) is 3.53. The predicted molar refractivity (Wildman–Crippen MR) is 78.2 cm³/mol. The minimum atomic E-state index is -0.354. The van der Waals surface area contributed by atoms with Crippen LogP contribution in [0.3, 0.4) is 0 Å². The summed E-state index contributed by atoms with van der Waals surface area (Å²) in [5.74, 6) is 0.891. The van der Waals surface area contributed by atoms with E-state index < -0.39 is 0 Å². The van der Waals surface area contributed by atoms with Crippen LogP contribution in [0.25, 0.3) is 0 Å². The average molecular weight is 278 g/mol. The molecule has 1 aromatic rings. The minimum absolute atomic E-state index is 0.168. The van der Waals surface area contributed by atoms with E-state index in [1.807, 2.05) is 44.2 Å². The molecular formula is C14H18N2O2S. The van der Waals surface area contributed by atoms with Crippen molar-refractivity contribution in [1.82, 2.24) is 5.48 Å². The fraction of sp³-hybridized carbons (Fsp3) is 0.429. The normalized spacial score (nSPS) is 18.5. The largest absolute Gasteiger partial charge is 0.273 e. The van der Waals surface area contributed by atoms with E-state index in [1.165, 1.54) is 0 Å². The maximum absolute atomic E-state index is 11.8. The maximum Gasteiger partial charge on any atom is 0.269 e. The van der Waals surface area contributed by atoms with Crippen LogP contribution in [0.2, 0.25) is 0 Å². The van der Waals surface area contributed by atoms with Crippen LogP contribution >= 0.6 is 11.8 Å². The highest BCUT2D eigenvalue weighted by Gasteiger charge is 2.25. The topological polar surface area (TPSA) is 50.7 Å². The van der Waals surface area contributed by atoms with Crippen LogP contribution in [0.15, 0.2) is 35.3 Å². The Balaban J connectivity index is 1.90. The second-order valence-corrected chi connectivity index (χ2v) is 5.81. The lowest BCUT2D eigenvalue weighted by Crippen LogP contribution is -2.34. The van der Waals surface area contributed by atoms with Gasteiger partial charge in [-0.05, 0) is 5.92 Å². The highest BCUT2D eigenvalue weighted by Crippen LogP contribution is 2.23. The average Bonchev–Trinajstić information content (AvgIpc) is 2.89. The number of nitrogens with one attached hydrogen (secondary N) is 1. The second kappa shape index (κ2) is 6.73. The van der Waals surface area contributed by atoms with Crippen molar-refractivity contribution in [1.29, 1.82) is 0 Å². The van der Waals surface area contributed by atoms with Gasteiger partial charge >= 0.3 is 0 Å². The number of amides is 1. The van der Waals surface area contributed by atoms with E-state index in [0.29, 0.717) is 18.3 Å². The van der Waals surface area contributed by atoms with Crippen molar-refractivity contribution in [2.45, 2.75) is 19.9 Å². The third kappa shape index (κ3) is 4.08. The van der Waals surface area contributed by atoms with Crippen molar-refractivity contribution in [2.24, 2.45) is 10.9 Å². The number of nitrogens with zero attached hydrogens (tertiary/aromatic N) is 1. The van der Waals surface area contributed by atoms with E-state index in [-0.39, 0.29) is 11.9 Å². The van der Waals surface area contributed by atoms with E-state index in [9.17, 15) is 4.79 Å². The van der Waals surface area contributed by atoms with Crippen molar-refractivity contribution in [2.75, 3.05) is 12.4 Å². The van der Waals surface area contributed by atoms with Crippen molar-refractivity contribution < 1.29 is 9.63 Å². The smallest absolute Gasteiger partial charge is 0.269 e. The molecule has 0 bridgehead atoms. The lowest BCUT2D eigenvalue weighted by molar-refractivity contribution is -0.135. The number of hydroxylamine groups is 1. The molecule has 19 heavy (non-hydrogen) atoms. The van der Waals surface area contributed by atoms with E-state index >= 15 is 0 Å². The zero-order valence-corrected chi connectivity index (χ0v) is 11.9. The fourth-order valence-corrected chi connectivity index (χ4v) is 2.64. The number of carbonyl (C=O) groups is 1. The van der Waals surface area contributed by atoms with Gasteiger partial charge in [0.2, 0.25) is 0 Å². The molecule has 0 aliphatic carbocycles. The standard InChI is InChI=1S/C14H18N2O2S/c1-10(2)8-18-16-13(17)12-9-19-14(15-12)11-6-4-3-5-7-11/h3-7,10,12H,8-9H2,1-2H3,(H,16,17). The maximum atomic E-state index is 11.8. The summed E-state index contributed by atoms with van der Waals surface area (Å²) in [6.45, 7) is 4.58. The van der Waals surface area contributed by atoms with Crippen LogP contribution in [0.5, 0.6) is 0 Å². The van der Waals surface area contributed by atoms with Gasteiger partial charge in [0.05, 0.1) is 11.7 Å². The van der Waals surface area contributed by atoms with Gasteiger partial charge in [0.15, 0.2) is 0 Å². The Bertz CT molecular complexity index is 460. The first-order chi connectivity index (χ1) is 9.16. The molecule has 1 atom stereocenters. The molecule has 1 amide bonds. The molecule has 0 radical (unpaired) electrons. The number of aliphatic imine (C=N–C) groups is 1. The molecule has 1 heterocycles. The molecule has 1 aliphatic heterocycles. The minimum Gasteiger partial charge on any atom is -0.273 e. The zero-order chi connectivity index (χ0) is 13.7. The molecule has 2 rings (SSSR count). The molecule has 1 unspecified atom stereocenters. The third-order valence-corrected chi connectivity index (χ3v) is 3.66. The van der Waals surface area contributed by atoms with Crippen LogP contribution in [-0.4, -0.2) is 29.4 Å². The molecule has 5 heteroatoms. The molecule has 4 nitrogen and oxygen atoms in total. The van der Waals surface area contributed by atoms with E-state index in [0.717, 1.165) is 10.6 Å². The van der Waals surface area contributed by atoms with Gasteiger partial charge in [0, 0.05) is 11.3 Å². The van der Waals surface area contributed by atoms with E-state index in [4.69, 9.17) is 4.84 Å². The summed E-state index contributed by atoms with van der Waals surface area (Å²) in [5, 5.41) is 0.921. The molecule has 1 aliphatic rings. The van der Waals surface area contributed by atoms with Crippen molar-refractivity contribution in [3.05, 3.63) is 35.9 Å². The highest BCUT2D eigenvalue weighted by molar-refractivity contribution is 8.14. The van der Waals surface area contributed by atoms with Gasteiger partial charge in [-0.2, -0.15) is 0 Å². The molecule has 0 spiro atoms. The Labute approximate surface area is 117 Å². The van der Waals surface area contributed by atoms with Crippen LogP contribution in [0, 0.1) is 5.92 Å². The summed E-state index contributed by atoms with van der Waals surface area (Å²) in [6, 6.07) is 9.55. The number of thioether (sulfide) groups is 1. The molecule has 1 N–H and O–H groups in total. The van der Waals surface area contributed by atoms with E-state index in [1.54, 1.807) is 11.8 Å². The van der Waals surface area contributed by atoms with E-state index in [2.05, 4.69) is 10.5 Å². The molecule has 102 valence electrons. The van der Waals surface area contributed by atoms with Crippen LogP contribution in [0.1, 0.15) is 19.4 Å². The Kier molecular flexibility index (Phi) is 4.99. The number of hydrogen-bond acceptors (Lipinski definition) is 4. The number of rotatable bonds is 5. The SMILES string of the molecule is CC(C)CONC(=O)C1CSC(c2ccccc2)=N1. The molecule has 0 saturated carbocycles. The molecule has 1 aromatic carbocycles. The Morgan fingerprint density at radius 1 is 1.47 bits per heavy atom. The predicted octanol–water partition coefficient (Wildman–Crippen LogP) is 2.25. The van der Waals surface area contributed by atoms with Gasteiger partial charge in [-0.3, -0.25) is 14.6 Å². The first-order valence-corrected chi connectivity index (χ1v) is 7.33. The number of carbonyl (C=O) groups excluding carboxylic acids is 1. The lowest BCUT2D eigenvalue weighted by atomic mass is 10.2. The quantitative estimate of drug-likeness (QED) is 0.840. The van der Waals surface area contributed by atoms with Crippen molar-refractivity contribution in [3.63, 3.8) is 0 Å². The van der Waals surface area contributed by atoms with Gasteiger partial charge in [-0.25, -0.2) is 5.48 Å². The summed E-state index contributed by atoms with van der Waals surface area (Å²) in [4.78, 5) is 21.4. The molecule has 0 aromatic heterocycles. The highest BCUT2D eigenvalue weighted by atomic mass is 32.2. The summed E-state index contributed by atoms with van der Waals surface area (Å²) in [6.07, 6.45) is 0. The molecular weight excluding hydrogens is 260 g/mol. The summed E-state index contributed by atoms with van der Waals surface area (Å²) >= 11 is 1.61. The van der Waals surface area contributed by atoms with Gasteiger partial charge in [-0.1, -0.05) is 44.2 Å². The summed E-state index contributed by atoms with van der Waals surface area (Å²) < 4.78 is 0. The monoisotopic (exact) mass is 278 g/mol. The van der Waals surface area contributed by atoms with Crippen molar-refractivity contribution in [3.8, 4) is 0 Å². The first-order valence-electron chi connectivity index (χ1n) is 6.34. The number of hydrogen-bond donors (Lipinski definition) is 1. The molecule has 0 saturated heterocycles. The Morgan fingerprint density at radius 2 is 2.21 bits per heavy atom. The Morgan fingerprint density at radius 3 is 2.89 bits per heavy atom. The lowest BCUT2D eigenvalue weighted by Gasteiger charge is -2.09. The summed E-state index contributed by atoms with van der Waals surface area (Å²) in [7, 11) is 0. The van der Waals surface area contributed by atoms with Gasteiger partial charge in [0.25, 0.3) is 5.91 Å². The third-order valence-electron chi connectivity index (χ3n) is 2.56. The van der Waals surface area contributed by atoms with Gasteiger partial charge < -0.3 is 0 Å². The fourth-order valence-electron chi connectivity index (χ4n) is 1.59. The van der Waals surface area contributed by atoms with Crippen LogP contribution in [-0.2, 0) is 9.63 Å². The van der Waals surface area contributed by atoms with Crippen LogP contribution in [0.4, 0.5) is 0 Å². The molecule has 0 fully saturated rings. The second-order valence-electron chi connectivity index (χ2n) is 4.80. The van der Waals surface area contributed by atoms with Crippen molar-refractivity contribution >= 4 is 22.7 Å². The first kappa shape index (κ1) is 14.1. The Hall–Kier alpha value is -1.33. The number of benzene rings is 1. The van der Waals surface area contributed by atoms with Gasteiger partial charge in [-0.15, -0.1) is 11.8 Å². The van der Waals surface area contributed by atoms with Crippen LogP contribution < -0.4 is 5.48 Å². The zero-order valence-electron chi connectivity index (χ0n) is 11.1.